The molecule has 0 bridgehead atoms. The Labute approximate surface area is 242 Å². The fraction of sp³-hybridized carbons (Fsp3) is 0.200. The normalized spacial score (nSPS) is 11.3. The first-order valence-corrected chi connectivity index (χ1v) is 13.4. The Bertz CT molecular complexity index is 1540. The molecule has 0 saturated carbocycles. The van der Waals surface area contributed by atoms with E-state index in [0.29, 0.717) is 5.75 Å². The monoisotopic (exact) mass is 551 g/mol. The smallest absolute Gasteiger partial charge is 0.128 e. The Hall–Kier alpha value is -4.52. The third kappa shape index (κ3) is 6.62. The Kier molecular flexibility index (Phi) is 9.85. The van der Waals surface area contributed by atoms with Crippen molar-refractivity contribution in [3.05, 3.63) is 112 Å². The molecular formula is C35H37NO5. The van der Waals surface area contributed by atoms with Crippen molar-refractivity contribution in [2.75, 3.05) is 26.2 Å². The molecule has 0 aromatic heterocycles. The molecule has 0 amide bonds. The second kappa shape index (κ2) is 13.7. The minimum Gasteiger partial charge on any atom is -0.497 e. The first-order valence-electron chi connectivity index (χ1n) is 13.4. The molecule has 6 nitrogen and oxygen atoms in total. The van der Waals surface area contributed by atoms with E-state index in [1.54, 1.807) is 21.3 Å². The predicted octanol–water partition coefficient (Wildman–Crippen LogP) is 7.68. The van der Waals surface area contributed by atoms with Gasteiger partial charge in [0, 0.05) is 34.3 Å². The third-order valence-electron chi connectivity index (χ3n) is 7.02. The summed E-state index contributed by atoms with van der Waals surface area (Å²) in [7, 11) is 4.94. The second-order valence-electron chi connectivity index (χ2n) is 9.51. The van der Waals surface area contributed by atoms with Crippen LogP contribution in [0.25, 0.3) is 18.2 Å². The number of aryl methyl sites for hydroxylation is 1. The van der Waals surface area contributed by atoms with E-state index >= 15 is 0 Å². The lowest BCUT2D eigenvalue weighted by molar-refractivity contribution is 0.281. The van der Waals surface area contributed by atoms with Gasteiger partial charge in [0.2, 0.25) is 0 Å². The zero-order valence-electron chi connectivity index (χ0n) is 24.2. The van der Waals surface area contributed by atoms with Gasteiger partial charge in [-0.1, -0.05) is 30.4 Å². The maximum atomic E-state index is 10.0. The Balaban J connectivity index is 1.77. The Morgan fingerprint density at radius 3 is 1.85 bits per heavy atom. The van der Waals surface area contributed by atoms with Gasteiger partial charge in [-0.05, 0) is 96.8 Å². The van der Waals surface area contributed by atoms with E-state index in [9.17, 15) is 10.2 Å². The highest BCUT2D eigenvalue weighted by atomic mass is 16.5. The summed E-state index contributed by atoms with van der Waals surface area (Å²) >= 11 is 0. The fourth-order valence-corrected chi connectivity index (χ4v) is 4.74. The van der Waals surface area contributed by atoms with Crippen molar-refractivity contribution in [2.45, 2.75) is 27.1 Å². The number of hydrogen-bond donors (Lipinski definition) is 2. The number of hydrogen-bond acceptors (Lipinski definition) is 6. The van der Waals surface area contributed by atoms with Gasteiger partial charge in [0.25, 0.3) is 0 Å². The molecule has 4 rings (SSSR count). The lowest BCUT2D eigenvalue weighted by atomic mass is 10.0. The van der Waals surface area contributed by atoms with E-state index in [-0.39, 0.29) is 13.2 Å². The highest BCUT2D eigenvalue weighted by Gasteiger charge is 2.16. The number of anilines is 3. The largest absolute Gasteiger partial charge is 0.497 e. The van der Waals surface area contributed by atoms with Crippen LogP contribution >= 0.6 is 0 Å². The van der Waals surface area contributed by atoms with Crippen molar-refractivity contribution in [3.63, 3.8) is 0 Å². The number of nitrogens with zero attached hydrogens (tertiary/aromatic N) is 1. The van der Waals surface area contributed by atoms with Crippen LogP contribution in [0.1, 0.15) is 40.3 Å². The predicted molar refractivity (Wildman–Crippen MR) is 167 cm³/mol. The molecule has 4 aromatic carbocycles. The molecule has 0 saturated heterocycles. The van der Waals surface area contributed by atoms with Gasteiger partial charge in [0.05, 0.1) is 34.5 Å². The van der Waals surface area contributed by atoms with Crippen molar-refractivity contribution in [1.82, 2.24) is 0 Å². The van der Waals surface area contributed by atoms with Gasteiger partial charge in [0.1, 0.15) is 17.2 Å². The van der Waals surface area contributed by atoms with E-state index in [1.165, 1.54) is 0 Å². The summed E-state index contributed by atoms with van der Waals surface area (Å²) in [4.78, 5) is 2.11. The molecule has 0 heterocycles. The lowest BCUT2D eigenvalue weighted by Gasteiger charge is -2.27. The number of methoxy groups -OCH3 is 3. The molecule has 212 valence electrons. The average Bonchev–Trinajstić information content (AvgIpc) is 3.01. The van der Waals surface area contributed by atoms with Crippen LogP contribution in [-0.4, -0.2) is 31.5 Å². The molecule has 0 aliphatic heterocycles. The van der Waals surface area contributed by atoms with Gasteiger partial charge >= 0.3 is 0 Å². The van der Waals surface area contributed by atoms with E-state index in [2.05, 4.69) is 4.90 Å². The van der Waals surface area contributed by atoms with Crippen LogP contribution in [0.5, 0.6) is 17.2 Å². The van der Waals surface area contributed by atoms with Crippen LogP contribution in [0.4, 0.5) is 17.1 Å². The zero-order valence-corrected chi connectivity index (χ0v) is 24.2. The van der Waals surface area contributed by atoms with Gasteiger partial charge in [-0.3, -0.25) is 0 Å². The minimum absolute atomic E-state index is 0.0422. The quantitative estimate of drug-likeness (QED) is 0.186. The molecule has 4 aromatic rings. The molecule has 0 spiro atoms. The van der Waals surface area contributed by atoms with Crippen LogP contribution in [0.2, 0.25) is 0 Å². The van der Waals surface area contributed by atoms with Crippen LogP contribution in [-0.2, 0) is 13.2 Å². The zero-order chi connectivity index (χ0) is 29.4. The van der Waals surface area contributed by atoms with Crippen LogP contribution in [0, 0.1) is 6.92 Å². The highest BCUT2D eigenvalue weighted by Crippen LogP contribution is 2.39. The van der Waals surface area contributed by atoms with E-state index in [4.69, 9.17) is 14.2 Å². The molecule has 0 aliphatic carbocycles. The van der Waals surface area contributed by atoms with Gasteiger partial charge in [-0.25, -0.2) is 0 Å². The summed E-state index contributed by atoms with van der Waals surface area (Å²) in [6.45, 7) is 3.80. The van der Waals surface area contributed by atoms with Crippen molar-refractivity contribution < 1.29 is 24.4 Å². The maximum Gasteiger partial charge on any atom is 0.128 e. The number of aliphatic hydroxyl groups is 2. The maximum absolute atomic E-state index is 10.0. The summed E-state index contributed by atoms with van der Waals surface area (Å²) in [5.74, 6) is 2.19. The van der Waals surface area contributed by atoms with E-state index in [0.717, 1.165) is 61.9 Å². The molecule has 0 aliphatic rings. The third-order valence-corrected chi connectivity index (χ3v) is 7.02. The topological polar surface area (TPSA) is 71.4 Å². The summed E-state index contributed by atoms with van der Waals surface area (Å²) in [6, 6.07) is 23.8. The van der Waals surface area contributed by atoms with Crippen LogP contribution in [0.15, 0.2) is 78.9 Å². The number of aliphatic hydroxyl groups excluding tert-OH is 2. The van der Waals surface area contributed by atoms with Crippen LogP contribution in [0.3, 0.4) is 0 Å². The summed E-state index contributed by atoms with van der Waals surface area (Å²) < 4.78 is 16.8. The number of benzene rings is 4. The van der Waals surface area contributed by atoms with Gasteiger partial charge in [0.15, 0.2) is 0 Å². The van der Waals surface area contributed by atoms with Crippen LogP contribution < -0.4 is 19.1 Å². The van der Waals surface area contributed by atoms with E-state index in [1.807, 2.05) is 111 Å². The second-order valence-corrected chi connectivity index (χ2v) is 9.51. The molecule has 6 heteroatoms. The lowest BCUT2D eigenvalue weighted by Crippen LogP contribution is -2.11. The molecule has 0 unspecified atom stereocenters. The molecule has 0 atom stereocenters. The Morgan fingerprint density at radius 2 is 1.22 bits per heavy atom. The average molecular weight is 552 g/mol. The van der Waals surface area contributed by atoms with Crippen molar-refractivity contribution >= 4 is 35.3 Å². The molecule has 0 fully saturated rings. The number of ether oxygens (including phenoxy) is 3. The first-order chi connectivity index (χ1) is 20.0. The van der Waals surface area contributed by atoms with Gasteiger partial charge in [-0.15, -0.1) is 0 Å². The van der Waals surface area contributed by atoms with Gasteiger partial charge in [-0.2, -0.15) is 0 Å². The standard InChI is InChI=1S/C35H37NO5/c1-6-7-27-18-29(23-38)26(20-34(27)40-4)10-9-25-11-13-32(21-35(25)41-5)36(30-14-16-33(39-3)17-15-30)31-12-8-24(2)28(19-31)22-37/h6-21,37-38H,22-23H2,1-5H3. The van der Waals surface area contributed by atoms with Crippen molar-refractivity contribution in [1.29, 1.82) is 0 Å². The SMILES string of the molecule is CC=Cc1cc(CO)c(C=Cc2ccc(N(c3ccc(OC)cc3)c3ccc(C)c(CO)c3)cc2OC)cc1OC. The van der Waals surface area contributed by atoms with Crippen molar-refractivity contribution in [3.8, 4) is 17.2 Å². The highest BCUT2D eigenvalue weighted by molar-refractivity contribution is 5.81. The molecule has 0 radical (unpaired) electrons. The number of rotatable bonds is 11. The molecular weight excluding hydrogens is 514 g/mol. The number of allylic oxidation sites excluding steroid dienone is 1. The molecule has 2 N–H and O–H groups in total. The first kappa shape index (κ1) is 29.5. The minimum atomic E-state index is -0.0898. The van der Waals surface area contributed by atoms with E-state index < -0.39 is 0 Å². The van der Waals surface area contributed by atoms with Gasteiger partial charge < -0.3 is 29.3 Å². The summed E-state index contributed by atoms with van der Waals surface area (Å²) in [5, 5.41) is 19.9. The van der Waals surface area contributed by atoms with Crippen molar-refractivity contribution in [2.24, 2.45) is 0 Å². The fourth-order valence-electron chi connectivity index (χ4n) is 4.74. The Morgan fingerprint density at radius 1 is 0.610 bits per heavy atom. The summed E-state index contributed by atoms with van der Waals surface area (Å²) in [5.41, 5.74) is 8.09. The summed E-state index contributed by atoms with van der Waals surface area (Å²) in [6.07, 6.45) is 7.83. The molecule has 41 heavy (non-hydrogen) atoms.